The van der Waals surface area contributed by atoms with Crippen LogP contribution in [-0.4, -0.2) is 22.7 Å². The Morgan fingerprint density at radius 2 is 1.80 bits per heavy atom. The lowest BCUT2D eigenvalue weighted by Crippen LogP contribution is -2.27. The second kappa shape index (κ2) is 11.5. The first-order valence-electron chi connectivity index (χ1n) is 11.0. The molecule has 1 aliphatic heterocycles. The smallest absolute Gasteiger partial charge is 0.293 e. The van der Waals surface area contributed by atoms with Crippen molar-refractivity contribution in [3.05, 3.63) is 96.4 Å². The van der Waals surface area contributed by atoms with Crippen LogP contribution in [0.3, 0.4) is 0 Å². The van der Waals surface area contributed by atoms with Crippen molar-refractivity contribution < 1.29 is 19.1 Å². The van der Waals surface area contributed by atoms with Crippen molar-refractivity contribution in [3.8, 4) is 11.5 Å². The highest BCUT2D eigenvalue weighted by molar-refractivity contribution is 14.1. The molecule has 3 aromatic rings. The molecule has 0 aromatic heterocycles. The van der Waals surface area contributed by atoms with E-state index in [1.807, 2.05) is 74.5 Å². The normalized spacial score (nSPS) is 14.6. The Morgan fingerprint density at radius 1 is 1.03 bits per heavy atom. The highest BCUT2D eigenvalue weighted by atomic mass is 127. The molecule has 0 aliphatic carbocycles. The van der Waals surface area contributed by atoms with Gasteiger partial charge in [-0.1, -0.05) is 53.6 Å². The number of hydrogen-bond acceptors (Lipinski definition) is 5. The third kappa shape index (κ3) is 6.39. The molecule has 35 heavy (non-hydrogen) atoms. The molecule has 8 heteroatoms. The first kappa shape index (κ1) is 25.6. The van der Waals surface area contributed by atoms with Crippen LogP contribution in [-0.2, 0) is 17.9 Å². The van der Waals surface area contributed by atoms with Crippen LogP contribution in [0.15, 0.2) is 65.6 Å². The lowest BCUT2D eigenvalue weighted by molar-refractivity contribution is -0.123. The summed E-state index contributed by atoms with van der Waals surface area (Å²) in [7, 11) is 0. The van der Waals surface area contributed by atoms with Crippen molar-refractivity contribution in [3.63, 3.8) is 0 Å². The Bertz CT molecular complexity index is 1290. The number of thioether (sulfide) groups is 1. The molecule has 0 N–H and O–H groups in total. The van der Waals surface area contributed by atoms with Crippen LogP contribution in [0, 0.1) is 10.5 Å². The molecule has 0 atom stereocenters. The minimum absolute atomic E-state index is 0.253. The Kier molecular flexibility index (Phi) is 8.41. The van der Waals surface area contributed by atoms with E-state index in [9.17, 15) is 9.59 Å². The predicted molar refractivity (Wildman–Crippen MR) is 149 cm³/mol. The van der Waals surface area contributed by atoms with Gasteiger partial charge >= 0.3 is 0 Å². The minimum atomic E-state index is -0.294. The van der Waals surface area contributed by atoms with Crippen LogP contribution >= 0.6 is 46.0 Å². The molecule has 0 radical (unpaired) electrons. The number of hydrogen-bond donors (Lipinski definition) is 0. The van der Waals surface area contributed by atoms with E-state index in [0.29, 0.717) is 34.6 Å². The third-order valence-corrected chi connectivity index (χ3v) is 7.18. The number of benzene rings is 3. The van der Waals surface area contributed by atoms with Gasteiger partial charge < -0.3 is 9.47 Å². The zero-order valence-electron chi connectivity index (χ0n) is 19.2. The van der Waals surface area contributed by atoms with Crippen molar-refractivity contribution in [2.45, 2.75) is 27.0 Å². The van der Waals surface area contributed by atoms with Crippen molar-refractivity contribution >= 4 is 63.2 Å². The SMILES string of the molecule is CCOc1cc(/C=C2\SC(=O)N(Cc3cccc(C)c3)C2=O)cc(I)c1OCc1ccc(Cl)cc1. The van der Waals surface area contributed by atoms with Gasteiger partial charge in [0.25, 0.3) is 11.1 Å². The van der Waals surface area contributed by atoms with Gasteiger partial charge in [0.05, 0.1) is 21.6 Å². The summed E-state index contributed by atoms with van der Waals surface area (Å²) in [6, 6.07) is 19.0. The van der Waals surface area contributed by atoms with Crippen LogP contribution in [0.25, 0.3) is 6.08 Å². The number of aryl methyl sites for hydroxylation is 1. The molecule has 0 spiro atoms. The van der Waals surface area contributed by atoms with Crippen molar-refractivity contribution in [2.24, 2.45) is 0 Å². The number of imide groups is 1. The monoisotopic (exact) mass is 619 g/mol. The van der Waals surface area contributed by atoms with Crippen LogP contribution < -0.4 is 9.47 Å². The predicted octanol–water partition coefficient (Wildman–Crippen LogP) is 7.47. The van der Waals surface area contributed by atoms with Gasteiger partial charge in [-0.3, -0.25) is 14.5 Å². The lowest BCUT2D eigenvalue weighted by Gasteiger charge is -2.15. The third-order valence-electron chi connectivity index (χ3n) is 5.22. The summed E-state index contributed by atoms with van der Waals surface area (Å²) < 4.78 is 12.8. The van der Waals surface area contributed by atoms with E-state index in [-0.39, 0.29) is 17.7 Å². The van der Waals surface area contributed by atoms with Crippen molar-refractivity contribution in [1.29, 1.82) is 0 Å². The molecule has 0 bridgehead atoms. The van der Waals surface area contributed by atoms with Crippen LogP contribution in [0.2, 0.25) is 5.02 Å². The van der Waals surface area contributed by atoms with Gasteiger partial charge in [-0.25, -0.2) is 0 Å². The van der Waals surface area contributed by atoms with Gasteiger partial charge in [-0.05, 0) is 95.2 Å². The summed E-state index contributed by atoms with van der Waals surface area (Å²) >= 11 is 9.11. The molecule has 1 fully saturated rings. The molecule has 4 rings (SSSR count). The Hall–Kier alpha value is -2.49. The maximum absolute atomic E-state index is 13.0. The number of rotatable bonds is 8. The summed E-state index contributed by atoms with van der Waals surface area (Å²) in [4.78, 5) is 27.2. The molecule has 180 valence electrons. The van der Waals surface area contributed by atoms with Crippen LogP contribution in [0.4, 0.5) is 4.79 Å². The van der Waals surface area contributed by atoms with Crippen LogP contribution in [0.1, 0.15) is 29.2 Å². The Morgan fingerprint density at radius 3 is 2.51 bits per heavy atom. The largest absolute Gasteiger partial charge is 0.490 e. The Labute approximate surface area is 227 Å². The number of amides is 2. The zero-order chi connectivity index (χ0) is 24.9. The number of ether oxygens (including phenoxy) is 2. The van der Waals surface area contributed by atoms with Crippen LogP contribution in [0.5, 0.6) is 11.5 Å². The van der Waals surface area contributed by atoms with E-state index < -0.39 is 0 Å². The first-order chi connectivity index (χ1) is 16.8. The molecule has 1 saturated heterocycles. The standard InChI is InChI=1S/C27H23ClINO4S/c1-3-33-23-13-20(12-22(29)25(23)34-16-18-7-9-21(28)10-8-18)14-24-26(31)30(27(32)35-24)15-19-6-4-5-17(2)11-19/h4-14H,3,15-16H2,1-2H3/b24-14-. The van der Waals surface area contributed by atoms with E-state index in [4.69, 9.17) is 21.1 Å². The quantitative estimate of drug-likeness (QED) is 0.193. The summed E-state index contributed by atoms with van der Waals surface area (Å²) in [5.41, 5.74) is 3.75. The second-order valence-corrected chi connectivity index (χ2v) is 10.5. The van der Waals surface area contributed by atoms with E-state index in [0.717, 1.165) is 37.6 Å². The number of carbonyl (C=O) groups excluding carboxylic acids is 2. The molecule has 2 amide bonds. The van der Waals surface area contributed by atoms with E-state index in [1.54, 1.807) is 6.08 Å². The van der Waals surface area contributed by atoms with Gasteiger partial charge in [0.1, 0.15) is 6.61 Å². The van der Waals surface area contributed by atoms with E-state index >= 15 is 0 Å². The summed E-state index contributed by atoms with van der Waals surface area (Å²) in [6.45, 7) is 4.97. The second-order valence-electron chi connectivity index (χ2n) is 7.94. The first-order valence-corrected chi connectivity index (χ1v) is 13.3. The molecule has 5 nitrogen and oxygen atoms in total. The maximum Gasteiger partial charge on any atom is 0.293 e. The summed E-state index contributed by atoms with van der Waals surface area (Å²) in [5, 5.41) is 0.399. The van der Waals surface area contributed by atoms with Crippen molar-refractivity contribution in [2.75, 3.05) is 6.61 Å². The highest BCUT2D eigenvalue weighted by Gasteiger charge is 2.35. The molecular formula is C27H23ClINO4S. The van der Waals surface area contributed by atoms with Gasteiger partial charge in [-0.15, -0.1) is 0 Å². The maximum atomic E-state index is 13.0. The number of carbonyl (C=O) groups is 2. The number of nitrogens with zero attached hydrogens (tertiary/aromatic N) is 1. The minimum Gasteiger partial charge on any atom is -0.490 e. The van der Waals surface area contributed by atoms with Crippen molar-refractivity contribution in [1.82, 2.24) is 4.90 Å². The van der Waals surface area contributed by atoms with Gasteiger partial charge in [0, 0.05) is 5.02 Å². The molecule has 0 saturated carbocycles. The van der Waals surface area contributed by atoms with Gasteiger partial charge in [0.15, 0.2) is 11.5 Å². The molecular weight excluding hydrogens is 597 g/mol. The topological polar surface area (TPSA) is 55.8 Å². The average Bonchev–Trinajstić information content (AvgIpc) is 3.07. The summed E-state index contributed by atoms with van der Waals surface area (Å²) in [5.74, 6) is 0.920. The molecule has 1 heterocycles. The average molecular weight is 620 g/mol. The fourth-order valence-corrected chi connectivity index (χ4v) is 5.34. The highest BCUT2D eigenvalue weighted by Crippen LogP contribution is 2.38. The lowest BCUT2D eigenvalue weighted by atomic mass is 10.1. The molecule has 3 aromatic carbocycles. The Balaban J connectivity index is 1.55. The summed E-state index contributed by atoms with van der Waals surface area (Å²) in [6.07, 6.45) is 1.73. The van der Waals surface area contributed by atoms with Gasteiger partial charge in [0.2, 0.25) is 0 Å². The fraction of sp³-hybridized carbons (Fsp3) is 0.185. The van der Waals surface area contributed by atoms with E-state index in [2.05, 4.69) is 22.6 Å². The fourth-order valence-electron chi connectivity index (χ4n) is 3.59. The molecule has 0 unspecified atom stereocenters. The number of halogens is 2. The zero-order valence-corrected chi connectivity index (χ0v) is 22.9. The van der Waals surface area contributed by atoms with Gasteiger partial charge in [-0.2, -0.15) is 0 Å². The van der Waals surface area contributed by atoms with E-state index in [1.165, 1.54) is 4.90 Å². The molecule has 1 aliphatic rings.